The molecule has 0 radical (unpaired) electrons. The van der Waals surface area contributed by atoms with Gasteiger partial charge >= 0.3 is 13.3 Å². The molecular weight excluding hydrogens is 686 g/mol. The highest BCUT2D eigenvalue weighted by atomic mass is 19.4. The summed E-state index contributed by atoms with van der Waals surface area (Å²) in [4.78, 5) is 46.5. The molecule has 2 aliphatic heterocycles. The number of amides is 2. The van der Waals surface area contributed by atoms with Crippen molar-refractivity contribution in [3.05, 3.63) is 93.7 Å². The summed E-state index contributed by atoms with van der Waals surface area (Å²) in [6, 6.07) is 13.3. The van der Waals surface area contributed by atoms with Crippen molar-refractivity contribution in [2.75, 3.05) is 5.32 Å². The lowest BCUT2D eigenvalue weighted by Gasteiger charge is -2.64. The molecule has 4 fully saturated rings. The summed E-state index contributed by atoms with van der Waals surface area (Å²) in [6.07, 6.45) is -0.657. The summed E-state index contributed by atoms with van der Waals surface area (Å²) in [5.41, 5.74) is -1.39. The third-order valence-electron chi connectivity index (χ3n) is 12.5. The molecule has 3 heterocycles. The van der Waals surface area contributed by atoms with E-state index in [2.05, 4.69) is 41.7 Å². The second-order valence-corrected chi connectivity index (χ2v) is 16.3. The highest BCUT2D eigenvalue weighted by Crippen LogP contribution is 2.65. The fourth-order valence-corrected chi connectivity index (χ4v) is 9.28. The molecule has 5 aliphatic rings. The van der Waals surface area contributed by atoms with Gasteiger partial charge in [0.1, 0.15) is 17.6 Å². The van der Waals surface area contributed by atoms with E-state index in [1.165, 1.54) is 22.9 Å². The van der Waals surface area contributed by atoms with Gasteiger partial charge in [-0.25, -0.2) is 4.98 Å². The first kappa shape index (κ1) is 37.2. The number of nitrogens with zero attached hydrogens (tertiary/aromatic N) is 2. The molecule has 2 bridgehead atoms. The van der Waals surface area contributed by atoms with Crippen LogP contribution in [0.2, 0.25) is 0 Å². The maximum Gasteiger partial charge on any atom is 0.481 e. The van der Waals surface area contributed by atoms with E-state index in [9.17, 15) is 27.6 Å². The predicted molar refractivity (Wildman–Crippen MR) is 194 cm³/mol. The zero-order chi connectivity index (χ0) is 37.9. The van der Waals surface area contributed by atoms with Crippen molar-refractivity contribution in [2.24, 2.45) is 17.3 Å². The molecule has 2 amide bonds. The Morgan fingerprint density at radius 2 is 1.77 bits per heavy atom. The van der Waals surface area contributed by atoms with Crippen LogP contribution < -0.4 is 21.5 Å². The van der Waals surface area contributed by atoms with Gasteiger partial charge in [0.05, 0.1) is 29.4 Å². The number of halogens is 3. The molecule has 1 aromatic heterocycles. The van der Waals surface area contributed by atoms with Crippen molar-refractivity contribution in [1.29, 1.82) is 0 Å². The van der Waals surface area contributed by atoms with E-state index in [0.717, 1.165) is 30.5 Å². The third-order valence-corrected chi connectivity index (χ3v) is 12.5. The van der Waals surface area contributed by atoms with Gasteiger partial charge in [0.2, 0.25) is 11.8 Å². The van der Waals surface area contributed by atoms with E-state index in [-0.39, 0.29) is 48.3 Å². The number of benzene rings is 2. The van der Waals surface area contributed by atoms with E-state index in [4.69, 9.17) is 9.31 Å². The predicted octanol–water partition coefficient (Wildman–Crippen LogP) is 5.95. The fraction of sp³-hybridized carbons (Fsp3) is 0.538. The van der Waals surface area contributed by atoms with Gasteiger partial charge in [0.15, 0.2) is 0 Å². The second-order valence-electron chi connectivity index (χ2n) is 16.3. The number of rotatable bonds is 11. The lowest BCUT2D eigenvalue weighted by Crippen LogP contribution is -2.65. The number of alkyl halides is 3. The van der Waals surface area contributed by atoms with Gasteiger partial charge in [-0.1, -0.05) is 70.2 Å². The van der Waals surface area contributed by atoms with Crippen LogP contribution in [0.1, 0.15) is 95.3 Å². The lowest BCUT2D eigenvalue weighted by molar-refractivity contribution is -0.199. The standard InChI is InChI=1S/C39H47BF3N5O5/c1-6-31(40-52-30-17-26-16-29(36(26,2)3)38(30,5)53-40)47-33(50)28-18-37(4,19-32(49)45-20-23-11-8-7-9-12-23)35-46-22-27(34(51)48(28)35)44-21-24-13-10-14-25(15-24)39(41,42)43/h7-15,22,26,28-31,44H,6,16-21H2,1-5H3,(H,45,49)(H,47,50)/t26-,28-,29-,30+,31-,37-,38-/m0/s1. The average Bonchev–Trinajstić information content (AvgIpc) is 3.63. The van der Waals surface area contributed by atoms with Gasteiger partial charge < -0.3 is 25.3 Å². The molecule has 3 saturated carbocycles. The maximum atomic E-state index is 14.3. The van der Waals surface area contributed by atoms with E-state index in [1.807, 2.05) is 44.2 Å². The third kappa shape index (κ3) is 6.77. The Morgan fingerprint density at radius 3 is 2.47 bits per heavy atom. The van der Waals surface area contributed by atoms with Gasteiger partial charge in [-0.15, -0.1) is 0 Å². The first-order valence-corrected chi connectivity index (χ1v) is 18.5. The minimum Gasteiger partial charge on any atom is -0.404 e. The SMILES string of the molecule is CC[C@H](NC(=O)[C@@H]1C[C@@](C)(CC(=O)NCc2ccccc2)c2ncc(NCc3cccc(C(F)(F)F)c3)c(=O)n21)B1O[C@@H]2C[C@@H]3C[C@@H](C3(C)C)[C@]2(C)O1. The number of carbonyl (C=O) groups is 2. The van der Waals surface area contributed by atoms with E-state index in [0.29, 0.717) is 30.4 Å². The van der Waals surface area contributed by atoms with Gasteiger partial charge in [-0.3, -0.25) is 19.0 Å². The lowest BCUT2D eigenvalue weighted by atomic mass is 9.43. The second kappa shape index (κ2) is 13.6. The van der Waals surface area contributed by atoms with Crippen LogP contribution in [-0.4, -0.2) is 46.1 Å². The van der Waals surface area contributed by atoms with Crippen LogP contribution in [0.5, 0.6) is 0 Å². The van der Waals surface area contributed by atoms with E-state index in [1.54, 1.807) is 0 Å². The molecular formula is C39H47BF3N5O5. The molecule has 0 spiro atoms. The Hall–Kier alpha value is -4.17. The van der Waals surface area contributed by atoms with Crippen LogP contribution in [0.15, 0.2) is 65.6 Å². The summed E-state index contributed by atoms with van der Waals surface area (Å²) in [5.74, 6) is 0.00288. The fourth-order valence-electron chi connectivity index (χ4n) is 9.28. The molecule has 14 heteroatoms. The summed E-state index contributed by atoms with van der Waals surface area (Å²) in [6.45, 7) is 10.7. The Labute approximate surface area is 307 Å². The molecule has 10 nitrogen and oxygen atoms in total. The summed E-state index contributed by atoms with van der Waals surface area (Å²) < 4.78 is 54.6. The highest BCUT2D eigenvalue weighted by Gasteiger charge is 2.68. The van der Waals surface area contributed by atoms with Crippen LogP contribution in [0, 0.1) is 17.3 Å². The topological polar surface area (TPSA) is 124 Å². The van der Waals surface area contributed by atoms with Crippen molar-refractivity contribution >= 4 is 24.6 Å². The average molecular weight is 734 g/mol. The number of hydrogen-bond donors (Lipinski definition) is 3. The van der Waals surface area contributed by atoms with Crippen molar-refractivity contribution in [2.45, 2.75) is 115 Å². The molecule has 3 aromatic rings. The summed E-state index contributed by atoms with van der Waals surface area (Å²) in [7, 11) is -0.666. The highest BCUT2D eigenvalue weighted by molar-refractivity contribution is 6.47. The molecule has 2 aromatic carbocycles. The van der Waals surface area contributed by atoms with Crippen LogP contribution in [-0.2, 0) is 43.6 Å². The monoisotopic (exact) mass is 733 g/mol. The normalized spacial score (nSPS) is 28.7. The smallest absolute Gasteiger partial charge is 0.404 e. The Morgan fingerprint density at radius 1 is 1.04 bits per heavy atom. The van der Waals surface area contributed by atoms with Gasteiger partial charge in [-0.05, 0) is 73.1 Å². The number of hydrogen-bond acceptors (Lipinski definition) is 7. The first-order chi connectivity index (χ1) is 25.0. The molecule has 3 aliphatic carbocycles. The van der Waals surface area contributed by atoms with Crippen LogP contribution in [0.25, 0.3) is 0 Å². The van der Waals surface area contributed by atoms with Gasteiger partial charge in [-0.2, -0.15) is 13.2 Å². The van der Waals surface area contributed by atoms with Crippen LogP contribution in [0.3, 0.4) is 0 Å². The zero-order valence-electron chi connectivity index (χ0n) is 30.8. The summed E-state index contributed by atoms with van der Waals surface area (Å²) >= 11 is 0. The molecule has 1 saturated heterocycles. The van der Waals surface area contributed by atoms with Crippen molar-refractivity contribution in [1.82, 2.24) is 20.2 Å². The quantitative estimate of drug-likeness (QED) is 0.209. The zero-order valence-corrected chi connectivity index (χ0v) is 30.8. The number of anilines is 1. The van der Waals surface area contributed by atoms with Gasteiger partial charge in [0.25, 0.3) is 5.56 Å². The summed E-state index contributed by atoms with van der Waals surface area (Å²) in [5, 5.41) is 9.00. The maximum absolute atomic E-state index is 14.3. The molecule has 7 atom stereocenters. The van der Waals surface area contributed by atoms with Crippen molar-refractivity contribution in [3.63, 3.8) is 0 Å². The number of nitrogens with one attached hydrogen (secondary N) is 3. The minimum atomic E-state index is -4.51. The van der Waals surface area contributed by atoms with Gasteiger partial charge in [0, 0.05) is 24.9 Å². The molecule has 3 N–H and O–H groups in total. The Kier molecular flexibility index (Phi) is 9.54. The Balaban J connectivity index is 1.13. The number of fused-ring (bicyclic) bond motifs is 1. The molecule has 53 heavy (non-hydrogen) atoms. The van der Waals surface area contributed by atoms with Crippen LogP contribution >= 0.6 is 0 Å². The minimum absolute atomic E-state index is 0.0230. The number of carbonyl (C=O) groups excluding carboxylic acids is 2. The molecule has 282 valence electrons. The van der Waals surface area contributed by atoms with Crippen molar-refractivity contribution in [3.8, 4) is 0 Å². The number of aromatic nitrogens is 2. The van der Waals surface area contributed by atoms with Crippen molar-refractivity contribution < 1.29 is 32.1 Å². The first-order valence-electron chi connectivity index (χ1n) is 18.5. The van der Waals surface area contributed by atoms with E-state index >= 15 is 0 Å². The van der Waals surface area contributed by atoms with Crippen LogP contribution in [0.4, 0.5) is 18.9 Å². The largest absolute Gasteiger partial charge is 0.481 e. The molecule has 0 unspecified atom stereocenters. The molecule has 8 rings (SSSR count). The Bertz CT molecular complexity index is 1940. The van der Waals surface area contributed by atoms with E-state index < -0.39 is 53.3 Å².